The zero-order valence-corrected chi connectivity index (χ0v) is 14.2. The molecule has 1 aromatic carbocycles. The highest BCUT2D eigenvalue weighted by Gasteiger charge is 2.10. The maximum atomic E-state index is 5.35. The number of thiocarbonyl (C=S) groups is 1. The fourth-order valence-corrected chi connectivity index (χ4v) is 2.79. The van der Waals surface area contributed by atoms with Crippen LogP contribution in [0.25, 0.3) is 0 Å². The van der Waals surface area contributed by atoms with Gasteiger partial charge in [-0.3, -0.25) is 0 Å². The van der Waals surface area contributed by atoms with E-state index in [9.17, 15) is 0 Å². The predicted octanol–water partition coefficient (Wildman–Crippen LogP) is 2.48. The lowest BCUT2D eigenvalue weighted by Crippen LogP contribution is -2.31. The summed E-state index contributed by atoms with van der Waals surface area (Å²) in [6.07, 6.45) is 3.77. The minimum absolute atomic E-state index is 0.616. The summed E-state index contributed by atoms with van der Waals surface area (Å²) in [5, 5.41) is 7.02. The van der Waals surface area contributed by atoms with Crippen LogP contribution in [-0.4, -0.2) is 50.4 Å². The lowest BCUT2D eigenvalue weighted by molar-refractivity contribution is 0.334. The first kappa shape index (κ1) is 16.8. The molecule has 0 aliphatic carbocycles. The molecule has 0 spiro atoms. The fourth-order valence-electron chi connectivity index (χ4n) is 2.58. The average Bonchev–Trinajstić information content (AvgIpc) is 3.05. The van der Waals surface area contributed by atoms with Crippen LogP contribution in [0, 0.1) is 0 Å². The molecule has 1 aliphatic heterocycles. The molecule has 0 unspecified atom stereocenters. The number of nitrogens with one attached hydrogen (secondary N) is 2. The summed E-state index contributed by atoms with van der Waals surface area (Å²) in [4.78, 5) is 2.50. The van der Waals surface area contributed by atoms with Crippen molar-refractivity contribution >= 4 is 23.0 Å². The van der Waals surface area contributed by atoms with Gasteiger partial charge in [0.25, 0.3) is 0 Å². The van der Waals surface area contributed by atoms with Crippen LogP contribution in [0.1, 0.15) is 19.3 Å². The number of hydrogen-bond acceptors (Lipinski definition) is 4. The summed E-state index contributed by atoms with van der Waals surface area (Å²) in [6, 6.07) is 5.61. The molecule has 0 amide bonds. The van der Waals surface area contributed by atoms with Gasteiger partial charge in [-0.1, -0.05) is 0 Å². The number of likely N-dealkylation sites (tertiary alicyclic amines) is 1. The van der Waals surface area contributed by atoms with E-state index >= 15 is 0 Å². The monoisotopic (exact) mass is 323 g/mol. The molecular weight excluding hydrogens is 298 g/mol. The van der Waals surface area contributed by atoms with Gasteiger partial charge in [0.1, 0.15) is 11.5 Å². The third-order valence-electron chi connectivity index (χ3n) is 3.79. The summed E-state index contributed by atoms with van der Waals surface area (Å²) < 4.78 is 10.5. The molecule has 22 heavy (non-hydrogen) atoms. The maximum absolute atomic E-state index is 5.35. The normalized spacial score (nSPS) is 14.6. The van der Waals surface area contributed by atoms with Gasteiger partial charge in [0.15, 0.2) is 5.11 Å². The van der Waals surface area contributed by atoms with E-state index in [-0.39, 0.29) is 0 Å². The van der Waals surface area contributed by atoms with E-state index in [4.69, 9.17) is 21.7 Å². The molecule has 122 valence electrons. The predicted molar refractivity (Wildman–Crippen MR) is 94.1 cm³/mol. The second-order valence-corrected chi connectivity index (χ2v) is 5.76. The molecule has 2 N–H and O–H groups in total. The number of ether oxygens (including phenoxy) is 2. The third kappa shape index (κ3) is 5.03. The van der Waals surface area contributed by atoms with Gasteiger partial charge in [0.05, 0.1) is 19.9 Å². The van der Waals surface area contributed by atoms with Gasteiger partial charge in [0, 0.05) is 12.6 Å². The van der Waals surface area contributed by atoms with Crippen molar-refractivity contribution in [2.45, 2.75) is 19.3 Å². The molecule has 0 radical (unpaired) electrons. The first-order valence-electron chi connectivity index (χ1n) is 7.72. The van der Waals surface area contributed by atoms with E-state index < -0.39 is 0 Å². The Morgan fingerprint density at radius 2 is 2.00 bits per heavy atom. The van der Waals surface area contributed by atoms with Gasteiger partial charge in [-0.05, 0) is 63.2 Å². The third-order valence-corrected chi connectivity index (χ3v) is 4.04. The van der Waals surface area contributed by atoms with Gasteiger partial charge in [-0.25, -0.2) is 0 Å². The van der Waals surface area contributed by atoms with Crippen molar-refractivity contribution in [3.63, 3.8) is 0 Å². The van der Waals surface area contributed by atoms with Crippen molar-refractivity contribution in [3.05, 3.63) is 18.2 Å². The molecule has 1 aromatic rings. The molecule has 1 heterocycles. The molecule has 6 heteroatoms. The van der Waals surface area contributed by atoms with Crippen molar-refractivity contribution in [3.8, 4) is 11.5 Å². The van der Waals surface area contributed by atoms with Crippen molar-refractivity contribution in [2.24, 2.45) is 0 Å². The SMILES string of the molecule is COc1ccc(NC(=S)NCCCN2CCCC2)c(OC)c1. The molecule has 5 nitrogen and oxygen atoms in total. The zero-order valence-electron chi connectivity index (χ0n) is 13.4. The Labute approximate surface area is 138 Å². The van der Waals surface area contributed by atoms with Crippen LogP contribution in [0.4, 0.5) is 5.69 Å². The Morgan fingerprint density at radius 1 is 1.23 bits per heavy atom. The Bertz CT molecular complexity index is 490. The van der Waals surface area contributed by atoms with E-state index in [0.29, 0.717) is 10.9 Å². The van der Waals surface area contributed by atoms with E-state index in [0.717, 1.165) is 30.9 Å². The summed E-state index contributed by atoms with van der Waals surface area (Å²) in [5.41, 5.74) is 0.834. The van der Waals surface area contributed by atoms with Crippen molar-refractivity contribution < 1.29 is 9.47 Å². The van der Waals surface area contributed by atoms with Crippen LogP contribution >= 0.6 is 12.2 Å². The van der Waals surface area contributed by atoms with E-state index in [1.54, 1.807) is 14.2 Å². The Balaban J connectivity index is 1.74. The lowest BCUT2D eigenvalue weighted by atomic mass is 10.2. The zero-order chi connectivity index (χ0) is 15.8. The van der Waals surface area contributed by atoms with Gasteiger partial charge in [-0.15, -0.1) is 0 Å². The van der Waals surface area contributed by atoms with Crippen molar-refractivity contribution in [1.82, 2.24) is 10.2 Å². The Morgan fingerprint density at radius 3 is 2.68 bits per heavy atom. The summed E-state index contributed by atoms with van der Waals surface area (Å²) in [6.45, 7) is 4.50. The molecule has 1 saturated heterocycles. The quantitative estimate of drug-likeness (QED) is 0.594. The van der Waals surface area contributed by atoms with Crippen LogP contribution in [0.3, 0.4) is 0 Å². The number of hydrogen-bond donors (Lipinski definition) is 2. The first-order chi connectivity index (χ1) is 10.7. The van der Waals surface area contributed by atoms with Crippen LogP contribution < -0.4 is 20.1 Å². The molecule has 0 atom stereocenters. The number of anilines is 1. The molecule has 0 aromatic heterocycles. The fraction of sp³-hybridized carbons (Fsp3) is 0.562. The van der Waals surface area contributed by atoms with Crippen LogP contribution in [0.5, 0.6) is 11.5 Å². The van der Waals surface area contributed by atoms with E-state index in [1.807, 2.05) is 18.2 Å². The largest absolute Gasteiger partial charge is 0.497 e. The van der Waals surface area contributed by atoms with Crippen LogP contribution in [0.15, 0.2) is 18.2 Å². The molecule has 1 aliphatic rings. The van der Waals surface area contributed by atoms with Crippen molar-refractivity contribution in [1.29, 1.82) is 0 Å². The number of methoxy groups -OCH3 is 2. The molecule has 2 rings (SSSR count). The van der Waals surface area contributed by atoms with Crippen LogP contribution in [-0.2, 0) is 0 Å². The van der Waals surface area contributed by atoms with Crippen LogP contribution in [0.2, 0.25) is 0 Å². The number of benzene rings is 1. The standard InChI is InChI=1S/C16H25N3O2S/c1-20-13-6-7-14(15(12-13)21-2)18-16(22)17-8-5-11-19-9-3-4-10-19/h6-7,12H,3-5,8-11H2,1-2H3,(H2,17,18,22). The van der Waals surface area contributed by atoms with Gasteiger partial charge < -0.3 is 25.0 Å². The van der Waals surface area contributed by atoms with Gasteiger partial charge in [0.2, 0.25) is 0 Å². The highest BCUT2D eigenvalue weighted by Crippen LogP contribution is 2.28. The second-order valence-electron chi connectivity index (χ2n) is 5.35. The van der Waals surface area contributed by atoms with Gasteiger partial charge in [-0.2, -0.15) is 0 Å². The minimum atomic E-state index is 0.616. The summed E-state index contributed by atoms with van der Waals surface area (Å²) >= 11 is 5.33. The Kier molecular flexibility index (Phi) is 6.74. The lowest BCUT2D eigenvalue weighted by Gasteiger charge is -2.16. The van der Waals surface area contributed by atoms with E-state index in [1.165, 1.54) is 25.9 Å². The smallest absolute Gasteiger partial charge is 0.170 e. The molecular formula is C16H25N3O2S. The van der Waals surface area contributed by atoms with E-state index in [2.05, 4.69) is 15.5 Å². The highest BCUT2D eigenvalue weighted by atomic mass is 32.1. The maximum Gasteiger partial charge on any atom is 0.170 e. The molecule has 0 saturated carbocycles. The topological polar surface area (TPSA) is 45.8 Å². The summed E-state index contributed by atoms with van der Waals surface area (Å²) in [7, 11) is 3.26. The van der Waals surface area contributed by atoms with Crippen molar-refractivity contribution in [2.75, 3.05) is 45.7 Å². The molecule has 0 bridgehead atoms. The highest BCUT2D eigenvalue weighted by molar-refractivity contribution is 7.80. The molecule has 1 fully saturated rings. The Hall–Kier alpha value is -1.53. The second kappa shape index (κ2) is 8.80. The minimum Gasteiger partial charge on any atom is -0.497 e. The first-order valence-corrected chi connectivity index (χ1v) is 8.13. The van der Waals surface area contributed by atoms with Gasteiger partial charge >= 0.3 is 0 Å². The average molecular weight is 323 g/mol. The number of rotatable bonds is 7. The summed E-state index contributed by atoms with van der Waals surface area (Å²) in [5.74, 6) is 1.47. The number of nitrogens with zero attached hydrogens (tertiary/aromatic N) is 1.